The van der Waals surface area contributed by atoms with Gasteiger partial charge in [0.1, 0.15) is 6.04 Å². The Bertz CT molecular complexity index is 734. The van der Waals surface area contributed by atoms with Gasteiger partial charge in [-0.3, -0.25) is 14.9 Å². The molecule has 0 bridgehead atoms. The highest BCUT2D eigenvalue weighted by Gasteiger charge is 2.23. The number of imide groups is 1. The zero-order valence-electron chi connectivity index (χ0n) is 14.8. The van der Waals surface area contributed by atoms with Crippen molar-refractivity contribution in [3.8, 4) is 0 Å². The number of urea groups is 1. The molecule has 0 fully saturated rings. The van der Waals surface area contributed by atoms with Crippen LogP contribution < -0.4 is 15.4 Å². The van der Waals surface area contributed by atoms with E-state index >= 15 is 0 Å². The van der Waals surface area contributed by atoms with Crippen LogP contribution in [0.2, 0.25) is 0 Å². The number of hydrogen-bond acceptors (Lipinski definition) is 6. The summed E-state index contributed by atoms with van der Waals surface area (Å²) in [4.78, 5) is 34.8. The largest absolute Gasteiger partial charge is 0.454 e. The lowest BCUT2D eigenvalue weighted by molar-refractivity contribution is -0.149. The highest BCUT2D eigenvalue weighted by Crippen LogP contribution is 2.08. The van der Waals surface area contributed by atoms with E-state index in [1.165, 1.54) is 19.1 Å². The van der Waals surface area contributed by atoms with Crippen molar-refractivity contribution in [2.24, 2.45) is 5.92 Å². The Kier molecular flexibility index (Phi) is 8.20. The van der Waals surface area contributed by atoms with Gasteiger partial charge >= 0.3 is 12.0 Å². The number of nitrogens with one attached hydrogen (secondary N) is 3. The molecule has 1 aromatic carbocycles. The maximum Gasteiger partial charge on any atom is 0.324 e. The van der Waals surface area contributed by atoms with Gasteiger partial charge in [0, 0.05) is 6.54 Å². The molecule has 0 aliphatic rings. The molecule has 1 rings (SSSR count). The first-order chi connectivity index (χ1) is 12.1. The van der Waals surface area contributed by atoms with Crippen LogP contribution in [0.1, 0.15) is 20.8 Å². The van der Waals surface area contributed by atoms with Gasteiger partial charge in [-0.2, -0.15) is 4.72 Å². The number of rotatable bonds is 8. The van der Waals surface area contributed by atoms with Crippen molar-refractivity contribution in [2.75, 3.05) is 13.2 Å². The maximum absolute atomic E-state index is 12.1. The molecule has 0 aliphatic heterocycles. The van der Waals surface area contributed by atoms with Crippen LogP contribution >= 0.6 is 0 Å². The third kappa shape index (κ3) is 7.62. The molecule has 0 heterocycles. The molecular formula is C16H23N3O6S. The first-order valence-corrected chi connectivity index (χ1v) is 9.42. The standard InChI is InChI=1S/C16H23N3O6S/c1-11(2)9-17-16(22)18-14(20)10-25-15(21)12(3)19-26(23,24)13-7-5-4-6-8-13/h4-8,11-12,19H,9-10H2,1-3H3,(H2,17,18,20,22). The highest BCUT2D eigenvalue weighted by molar-refractivity contribution is 7.89. The van der Waals surface area contributed by atoms with Crippen LogP contribution in [-0.2, 0) is 24.3 Å². The minimum absolute atomic E-state index is 0.000725. The van der Waals surface area contributed by atoms with Gasteiger partial charge in [-0.1, -0.05) is 32.0 Å². The molecule has 0 spiro atoms. The third-order valence-electron chi connectivity index (χ3n) is 3.01. The van der Waals surface area contributed by atoms with Crippen molar-refractivity contribution in [1.29, 1.82) is 0 Å². The van der Waals surface area contributed by atoms with Crippen molar-refractivity contribution in [2.45, 2.75) is 31.7 Å². The zero-order chi connectivity index (χ0) is 19.7. The molecule has 3 amide bonds. The van der Waals surface area contributed by atoms with E-state index in [2.05, 4.69) is 10.0 Å². The van der Waals surface area contributed by atoms with E-state index in [1.54, 1.807) is 18.2 Å². The molecule has 3 N–H and O–H groups in total. The second-order valence-electron chi connectivity index (χ2n) is 5.92. The molecule has 0 aromatic heterocycles. The third-order valence-corrected chi connectivity index (χ3v) is 4.56. The van der Waals surface area contributed by atoms with E-state index in [0.29, 0.717) is 6.54 Å². The number of sulfonamides is 1. The Morgan fingerprint density at radius 2 is 1.69 bits per heavy atom. The van der Waals surface area contributed by atoms with E-state index in [-0.39, 0.29) is 10.8 Å². The topological polar surface area (TPSA) is 131 Å². The molecule has 0 radical (unpaired) electrons. The van der Waals surface area contributed by atoms with Gasteiger partial charge in [0.2, 0.25) is 10.0 Å². The Hall–Kier alpha value is -2.46. The normalized spacial score (nSPS) is 12.3. The summed E-state index contributed by atoms with van der Waals surface area (Å²) >= 11 is 0. The summed E-state index contributed by atoms with van der Waals surface area (Å²) in [6, 6.07) is 5.61. The minimum atomic E-state index is -3.89. The average Bonchev–Trinajstić information content (AvgIpc) is 2.58. The number of carbonyl (C=O) groups is 3. The molecule has 0 aliphatic carbocycles. The van der Waals surface area contributed by atoms with Crippen LogP contribution in [0.25, 0.3) is 0 Å². The summed E-state index contributed by atoms with van der Waals surface area (Å²) in [6.45, 7) is 4.75. The molecule has 1 atom stereocenters. The number of carbonyl (C=O) groups excluding carboxylic acids is 3. The molecule has 1 aromatic rings. The summed E-state index contributed by atoms with van der Waals surface area (Å²) in [5.41, 5.74) is 0. The fraction of sp³-hybridized carbons (Fsp3) is 0.438. The van der Waals surface area contributed by atoms with Gasteiger partial charge in [0.15, 0.2) is 6.61 Å². The molecule has 0 saturated heterocycles. The Morgan fingerprint density at radius 3 is 2.27 bits per heavy atom. The van der Waals surface area contributed by atoms with Crippen LogP contribution in [0.15, 0.2) is 35.2 Å². The molecule has 0 saturated carbocycles. The fourth-order valence-electron chi connectivity index (χ4n) is 1.71. The molecular weight excluding hydrogens is 362 g/mol. The van der Waals surface area contributed by atoms with Crippen LogP contribution in [0.3, 0.4) is 0 Å². The number of benzene rings is 1. The molecule has 26 heavy (non-hydrogen) atoms. The van der Waals surface area contributed by atoms with Crippen LogP contribution in [0.5, 0.6) is 0 Å². The summed E-state index contributed by atoms with van der Waals surface area (Å²) in [7, 11) is -3.89. The van der Waals surface area contributed by atoms with Gasteiger partial charge in [0.05, 0.1) is 4.90 Å². The van der Waals surface area contributed by atoms with Gasteiger partial charge in [-0.15, -0.1) is 0 Å². The summed E-state index contributed by atoms with van der Waals surface area (Å²) in [6.07, 6.45) is 0. The average molecular weight is 385 g/mol. The SMILES string of the molecule is CC(C)CNC(=O)NC(=O)COC(=O)C(C)NS(=O)(=O)c1ccccc1. The van der Waals surface area contributed by atoms with E-state index < -0.39 is 40.6 Å². The highest BCUT2D eigenvalue weighted by atomic mass is 32.2. The summed E-state index contributed by atoms with van der Waals surface area (Å²) < 4.78 is 31.1. The lowest BCUT2D eigenvalue weighted by Gasteiger charge is -2.14. The van der Waals surface area contributed by atoms with Crippen molar-refractivity contribution in [1.82, 2.24) is 15.4 Å². The summed E-state index contributed by atoms with van der Waals surface area (Å²) in [5.74, 6) is -1.55. The second-order valence-corrected chi connectivity index (χ2v) is 7.63. The zero-order valence-corrected chi connectivity index (χ0v) is 15.6. The molecule has 144 valence electrons. The van der Waals surface area contributed by atoms with Gasteiger partial charge in [0.25, 0.3) is 5.91 Å². The van der Waals surface area contributed by atoms with Crippen molar-refractivity contribution in [3.05, 3.63) is 30.3 Å². The Balaban J connectivity index is 2.45. The fourth-order valence-corrected chi connectivity index (χ4v) is 2.93. The molecule has 9 nitrogen and oxygen atoms in total. The summed E-state index contributed by atoms with van der Waals surface area (Å²) in [5, 5.41) is 4.47. The Labute approximate surface area is 152 Å². The van der Waals surface area contributed by atoms with Crippen molar-refractivity contribution < 1.29 is 27.5 Å². The lowest BCUT2D eigenvalue weighted by atomic mass is 10.2. The lowest BCUT2D eigenvalue weighted by Crippen LogP contribution is -2.44. The number of ether oxygens (including phenoxy) is 1. The number of esters is 1. The number of amides is 3. The van der Waals surface area contributed by atoms with Crippen LogP contribution in [0, 0.1) is 5.92 Å². The predicted octanol–water partition coefficient (Wildman–Crippen LogP) is 0.378. The van der Waals surface area contributed by atoms with Gasteiger partial charge < -0.3 is 10.1 Å². The molecule has 1 unspecified atom stereocenters. The predicted molar refractivity (Wildman–Crippen MR) is 93.6 cm³/mol. The minimum Gasteiger partial charge on any atom is -0.454 e. The van der Waals surface area contributed by atoms with E-state index in [9.17, 15) is 22.8 Å². The van der Waals surface area contributed by atoms with E-state index in [0.717, 1.165) is 0 Å². The van der Waals surface area contributed by atoms with Gasteiger partial charge in [-0.05, 0) is 25.0 Å². The maximum atomic E-state index is 12.1. The smallest absolute Gasteiger partial charge is 0.324 e. The monoisotopic (exact) mass is 385 g/mol. The van der Waals surface area contributed by atoms with E-state index in [1.807, 2.05) is 19.2 Å². The first-order valence-electron chi connectivity index (χ1n) is 7.93. The number of hydrogen-bond donors (Lipinski definition) is 3. The van der Waals surface area contributed by atoms with Crippen molar-refractivity contribution >= 4 is 27.9 Å². The van der Waals surface area contributed by atoms with E-state index in [4.69, 9.17) is 4.74 Å². The second kappa shape index (κ2) is 9.88. The first kappa shape index (κ1) is 21.6. The van der Waals surface area contributed by atoms with Gasteiger partial charge in [-0.25, -0.2) is 13.2 Å². The Morgan fingerprint density at radius 1 is 1.08 bits per heavy atom. The molecule has 10 heteroatoms. The van der Waals surface area contributed by atoms with Crippen molar-refractivity contribution in [3.63, 3.8) is 0 Å². The quantitative estimate of drug-likeness (QED) is 0.555. The van der Waals surface area contributed by atoms with Crippen LogP contribution in [0.4, 0.5) is 4.79 Å². The van der Waals surface area contributed by atoms with Crippen LogP contribution in [-0.4, -0.2) is 45.5 Å².